The first kappa shape index (κ1) is 17.2. The molecular weight excluding hydrogens is 324 g/mol. The third-order valence-electron chi connectivity index (χ3n) is 4.74. The van der Waals surface area contributed by atoms with Crippen LogP contribution in [-0.4, -0.2) is 55.9 Å². The molecule has 0 bridgehead atoms. The minimum atomic E-state index is -3.09. The van der Waals surface area contributed by atoms with Crippen LogP contribution in [0, 0.1) is 0 Å². The Hall–Kier alpha value is -1.66. The van der Waals surface area contributed by atoms with Crippen molar-refractivity contribution in [3.63, 3.8) is 0 Å². The summed E-state index contributed by atoms with van der Waals surface area (Å²) in [6, 6.07) is 9.16. The topological polar surface area (TPSA) is 66.5 Å². The molecule has 2 aliphatic heterocycles. The molecule has 1 aromatic rings. The molecule has 6 heteroatoms. The number of likely N-dealkylation sites (tertiary alicyclic amines) is 1. The second-order valence-electron chi connectivity index (χ2n) is 6.60. The summed E-state index contributed by atoms with van der Waals surface area (Å²) in [5, 5.41) is 2.91. The lowest BCUT2D eigenvalue weighted by molar-refractivity contribution is -0.117. The lowest BCUT2D eigenvalue weighted by atomic mass is 10.0. The fraction of sp³-hybridized carbons (Fsp3) is 0.500. The number of piperidine rings is 1. The van der Waals surface area contributed by atoms with Crippen LogP contribution >= 0.6 is 0 Å². The molecule has 5 nitrogen and oxygen atoms in total. The van der Waals surface area contributed by atoms with Gasteiger partial charge in [-0.1, -0.05) is 36.8 Å². The molecule has 24 heavy (non-hydrogen) atoms. The van der Waals surface area contributed by atoms with E-state index in [4.69, 9.17) is 0 Å². The minimum Gasteiger partial charge on any atom is -0.347 e. The fourth-order valence-electron chi connectivity index (χ4n) is 3.54. The molecule has 1 aromatic carbocycles. The largest absolute Gasteiger partial charge is 0.347 e. The van der Waals surface area contributed by atoms with Gasteiger partial charge in [-0.05, 0) is 37.6 Å². The van der Waals surface area contributed by atoms with E-state index < -0.39 is 9.84 Å². The number of carbonyl (C=O) groups is 1. The highest BCUT2D eigenvalue weighted by atomic mass is 32.2. The van der Waals surface area contributed by atoms with Crippen molar-refractivity contribution in [2.45, 2.75) is 31.3 Å². The second-order valence-corrected chi connectivity index (χ2v) is 8.75. The molecule has 2 aliphatic rings. The summed E-state index contributed by atoms with van der Waals surface area (Å²) in [7, 11) is -3.09. The van der Waals surface area contributed by atoms with Crippen LogP contribution in [0.5, 0.6) is 0 Å². The predicted octanol–water partition coefficient (Wildman–Crippen LogP) is 1.47. The molecule has 2 saturated heterocycles. The van der Waals surface area contributed by atoms with Gasteiger partial charge in [0.25, 0.3) is 0 Å². The maximum atomic E-state index is 12.2. The van der Waals surface area contributed by atoms with Crippen LogP contribution in [0.15, 0.2) is 36.4 Å². The van der Waals surface area contributed by atoms with Crippen molar-refractivity contribution in [2.24, 2.45) is 0 Å². The first-order chi connectivity index (χ1) is 11.5. The predicted molar refractivity (Wildman–Crippen MR) is 95.3 cm³/mol. The van der Waals surface area contributed by atoms with E-state index in [1.54, 1.807) is 6.08 Å². The zero-order valence-electron chi connectivity index (χ0n) is 13.7. The number of hydrogen-bond donors (Lipinski definition) is 1. The van der Waals surface area contributed by atoms with Gasteiger partial charge in [0.2, 0.25) is 5.91 Å². The molecule has 3 rings (SSSR count). The van der Waals surface area contributed by atoms with Crippen LogP contribution in [0.2, 0.25) is 0 Å². The summed E-state index contributed by atoms with van der Waals surface area (Å²) in [5.74, 6) is -0.0395. The van der Waals surface area contributed by atoms with Gasteiger partial charge in [-0.3, -0.25) is 9.69 Å². The molecule has 130 valence electrons. The smallest absolute Gasteiger partial charge is 0.244 e. The Labute approximate surface area is 143 Å². The Bertz CT molecular complexity index is 694. The summed E-state index contributed by atoms with van der Waals surface area (Å²) in [6.45, 7) is 1.85. The van der Waals surface area contributed by atoms with Crippen molar-refractivity contribution in [2.75, 3.05) is 24.6 Å². The van der Waals surface area contributed by atoms with Crippen molar-refractivity contribution < 1.29 is 13.2 Å². The second kappa shape index (κ2) is 7.49. The number of carbonyl (C=O) groups excluding carboxylic acids is 1. The molecule has 0 aromatic heterocycles. The van der Waals surface area contributed by atoms with Gasteiger partial charge in [0.05, 0.1) is 17.5 Å². The van der Waals surface area contributed by atoms with E-state index in [-0.39, 0.29) is 29.5 Å². The summed E-state index contributed by atoms with van der Waals surface area (Å²) in [4.78, 5) is 14.4. The summed E-state index contributed by atoms with van der Waals surface area (Å²) in [5.41, 5.74) is 0.944. The zero-order valence-corrected chi connectivity index (χ0v) is 14.5. The first-order valence-electron chi connectivity index (χ1n) is 8.52. The van der Waals surface area contributed by atoms with Gasteiger partial charge in [-0.25, -0.2) is 8.42 Å². The molecule has 2 fully saturated rings. The summed E-state index contributed by atoms with van der Waals surface area (Å²) >= 11 is 0. The fourth-order valence-corrected chi connectivity index (χ4v) is 5.50. The number of benzene rings is 1. The van der Waals surface area contributed by atoms with Crippen molar-refractivity contribution in [3.8, 4) is 0 Å². The lowest BCUT2D eigenvalue weighted by Crippen LogP contribution is -2.52. The third kappa shape index (κ3) is 4.45. The van der Waals surface area contributed by atoms with Crippen LogP contribution in [0.1, 0.15) is 24.8 Å². The Kier molecular flexibility index (Phi) is 5.36. The van der Waals surface area contributed by atoms with Gasteiger partial charge >= 0.3 is 0 Å². The number of sulfone groups is 1. The van der Waals surface area contributed by atoms with Crippen molar-refractivity contribution in [3.05, 3.63) is 42.0 Å². The molecule has 0 spiro atoms. The molecule has 2 heterocycles. The highest BCUT2D eigenvalue weighted by Gasteiger charge is 2.41. The third-order valence-corrected chi connectivity index (χ3v) is 6.45. The average Bonchev–Trinajstić information content (AvgIpc) is 2.89. The van der Waals surface area contributed by atoms with Crippen molar-refractivity contribution in [1.82, 2.24) is 10.2 Å². The monoisotopic (exact) mass is 348 g/mol. The Morgan fingerprint density at radius 3 is 2.50 bits per heavy atom. The lowest BCUT2D eigenvalue weighted by Gasteiger charge is -2.34. The average molecular weight is 348 g/mol. The van der Waals surface area contributed by atoms with Gasteiger partial charge in [-0.15, -0.1) is 0 Å². The Morgan fingerprint density at radius 2 is 1.79 bits per heavy atom. The van der Waals surface area contributed by atoms with E-state index in [0.29, 0.717) is 0 Å². The van der Waals surface area contributed by atoms with Gasteiger partial charge in [0.15, 0.2) is 9.84 Å². The first-order valence-corrected chi connectivity index (χ1v) is 10.3. The molecule has 0 aliphatic carbocycles. The van der Waals surface area contributed by atoms with Crippen LogP contribution in [0.25, 0.3) is 6.08 Å². The van der Waals surface area contributed by atoms with Crippen LogP contribution in [-0.2, 0) is 14.6 Å². The molecule has 0 saturated carbocycles. The van der Waals surface area contributed by atoms with Crippen molar-refractivity contribution in [1.29, 1.82) is 0 Å². The molecule has 1 amide bonds. The van der Waals surface area contributed by atoms with Gasteiger partial charge in [0, 0.05) is 12.1 Å². The molecular formula is C18H24N2O3S. The van der Waals surface area contributed by atoms with Gasteiger partial charge in [-0.2, -0.15) is 0 Å². The molecule has 2 atom stereocenters. The van der Waals surface area contributed by atoms with E-state index in [2.05, 4.69) is 10.2 Å². The van der Waals surface area contributed by atoms with E-state index in [9.17, 15) is 13.2 Å². The number of nitrogens with zero attached hydrogens (tertiary/aromatic N) is 1. The number of nitrogens with one attached hydrogen (secondary N) is 1. The summed E-state index contributed by atoms with van der Waals surface area (Å²) in [6.07, 6.45) is 6.63. The number of rotatable bonds is 4. The Balaban J connectivity index is 1.65. The van der Waals surface area contributed by atoms with Gasteiger partial charge in [0.1, 0.15) is 0 Å². The molecule has 1 N–H and O–H groups in total. The normalized spacial score (nSPS) is 27.3. The number of hydrogen-bond acceptors (Lipinski definition) is 4. The standard InChI is InChI=1S/C18H24N2O3S/c21-18(10-9-15-7-3-1-4-8-15)19-16-13-24(22,23)14-17(16)20-11-5-2-6-12-20/h1,3-4,7-10,16-17H,2,5-6,11-14H2,(H,19,21)/b10-9+/t16-,17+/m1/s1. The highest BCUT2D eigenvalue weighted by Crippen LogP contribution is 2.22. The van der Waals surface area contributed by atoms with Crippen LogP contribution in [0.3, 0.4) is 0 Å². The summed E-state index contributed by atoms with van der Waals surface area (Å²) < 4.78 is 24.1. The quantitative estimate of drug-likeness (QED) is 0.837. The van der Waals surface area contributed by atoms with E-state index in [1.807, 2.05) is 30.3 Å². The van der Waals surface area contributed by atoms with Crippen LogP contribution < -0.4 is 5.32 Å². The SMILES string of the molecule is O=C(/C=C/c1ccccc1)N[C@@H]1CS(=O)(=O)C[C@@H]1N1CCCCC1. The molecule has 0 unspecified atom stereocenters. The van der Waals surface area contributed by atoms with Crippen molar-refractivity contribution >= 4 is 21.8 Å². The number of amides is 1. The van der Waals surface area contributed by atoms with Gasteiger partial charge < -0.3 is 5.32 Å². The Morgan fingerprint density at radius 1 is 1.08 bits per heavy atom. The highest BCUT2D eigenvalue weighted by molar-refractivity contribution is 7.91. The molecule has 0 radical (unpaired) electrons. The van der Waals surface area contributed by atoms with Crippen LogP contribution in [0.4, 0.5) is 0 Å². The van der Waals surface area contributed by atoms with E-state index in [0.717, 1.165) is 31.5 Å². The maximum absolute atomic E-state index is 12.2. The minimum absolute atomic E-state index is 0.0408. The van der Waals surface area contributed by atoms with E-state index >= 15 is 0 Å². The zero-order chi connectivity index (χ0) is 17.0. The van der Waals surface area contributed by atoms with E-state index in [1.165, 1.54) is 12.5 Å². The maximum Gasteiger partial charge on any atom is 0.244 e.